The van der Waals surface area contributed by atoms with E-state index in [0.717, 1.165) is 4.90 Å². The fraction of sp³-hybridized carbons (Fsp3) is 0.0455. The van der Waals surface area contributed by atoms with Crippen LogP contribution in [0.5, 0.6) is 0 Å². The van der Waals surface area contributed by atoms with Crippen molar-refractivity contribution in [3.8, 4) is 0 Å². The van der Waals surface area contributed by atoms with Crippen LogP contribution < -0.4 is 4.90 Å². The first-order valence-corrected chi connectivity index (χ1v) is 9.56. The molecule has 3 aromatic rings. The minimum absolute atomic E-state index is 0.0541. The zero-order valence-corrected chi connectivity index (χ0v) is 16.7. The Morgan fingerprint density at radius 3 is 2.37 bits per heavy atom. The molecule has 5 nitrogen and oxygen atoms in total. The maximum absolute atomic E-state index is 14.8. The minimum Gasteiger partial charge on any atom is -0.507 e. The summed E-state index contributed by atoms with van der Waals surface area (Å²) in [5, 5.41) is 11.3. The summed E-state index contributed by atoms with van der Waals surface area (Å²) in [5.74, 6) is -2.91. The smallest absolute Gasteiger partial charge is 0.300 e. The highest BCUT2D eigenvalue weighted by molar-refractivity contribution is 6.52. The highest BCUT2D eigenvalue weighted by Gasteiger charge is 2.47. The lowest BCUT2D eigenvalue weighted by atomic mass is 9.95. The number of halogens is 3. The number of ketones is 1. The summed E-state index contributed by atoms with van der Waals surface area (Å²) < 4.78 is 14.8. The zero-order valence-electron chi connectivity index (χ0n) is 15.2. The number of aromatic nitrogens is 1. The van der Waals surface area contributed by atoms with Crippen molar-refractivity contribution in [1.29, 1.82) is 0 Å². The van der Waals surface area contributed by atoms with E-state index in [4.69, 9.17) is 23.2 Å². The molecule has 4 rings (SSSR count). The fourth-order valence-electron chi connectivity index (χ4n) is 3.39. The van der Waals surface area contributed by atoms with E-state index in [9.17, 15) is 19.1 Å². The lowest BCUT2D eigenvalue weighted by Crippen LogP contribution is -2.29. The van der Waals surface area contributed by atoms with Crippen LogP contribution in [-0.4, -0.2) is 21.8 Å². The number of hydrogen-bond donors (Lipinski definition) is 1. The highest BCUT2D eigenvalue weighted by atomic mass is 35.5. The van der Waals surface area contributed by atoms with Crippen molar-refractivity contribution in [1.82, 2.24) is 4.98 Å². The van der Waals surface area contributed by atoms with Gasteiger partial charge in [-0.15, -0.1) is 0 Å². The quantitative estimate of drug-likeness (QED) is 0.345. The first-order valence-electron chi connectivity index (χ1n) is 8.81. The van der Waals surface area contributed by atoms with Gasteiger partial charge in [0.15, 0.2) is 0 Å². The highest BCUT2D eigenvalue weighted by Crippen LogP contribution is 2.43. The molecule has 0 radical (unpaired) electrons. The number of carbonyl (C=O) groups excluding carboxylic acids is 2. The summed E-state index contributed by atoms with van der Waals surface area (Å²) in [7, 11) is 0. The lowest BCUT2D eigenvalue weighted by molar-refractivity contribution is -0.132. The molecule has 1 amide bonds. The number of nitrogens with zero attached hydrogens (tertiary/aromatic N) is 2. The van der Waals surface area contributed by atoms with E-state index >= 15 is 0 Å². The van der Waals surface area contributed by atoms with Crippen LogP contribution in [0.15, 0.2) is 72.6 Å². The van der Waals surface area contributed by atoms with Crippen molar-refractivity contribution < 1.29 is 19.1 Å². The molecule has 0 saturated carbocycles. The third-order valence-electron chi connectivity index (χ3n) is 4.78. The van der Waals surface area contributed by atoms with Crippen molar-refractivity contribution in [3.63, 3.8) is 0 Å². The largest absolute Gasteiger partial charge is 0.507 e. The number of carbonyl (C=O) groups is 2. The van der Waals surface area contributed by atoms with E-state index in [-0.39, 0.29) is 32.4 Å². The Balaban J connectivity index is 1.99. The second kappa shape index (κ2) is 7.89. The first kappa shape index (κ1) is 20.1. The molecular formula is C22H13Cl2FN2O3. The van der Waals surface area contributed by atoms with Crippen LogP contribution in [0, 0.1) is 5.82 Å². The van der Waals surface area contributed by atoms with Gasteiger partial charge in [0.25, 0.3) is 11.7 Å². The molecule has 30 heavy (non-hydrogen) atoms. The zero-order chi connectivity index (χ0) is 21.4. The van der Waals surface area contributed by atoms with E-state index in [1.165, 1.54) is 60.9 Å². The number of rotatable bonds is 3. The number of amides is 1. The van der Waals surface area contributed by atoms with Gasteiger partial charge in [0.2, 0.25) is 0 Å². The van der Waals surface area contributed by atoms with E-state index < -0.39 is 29.3 Å². The Labute approximate surface area is 181 Å². The molecule has 0 aliphatic carbocycles. The Hall–Kier alpha value is -3.22. The van der Waals surface area contributed by atoms with E-state index in [1.54, 1.807) is 6.07 Å². The summed E-state index contributed by atoms with van der Waals surface area (Å²) in [6, 6.07) is 11.9. The van der Waals surface area contributed by atoms with Gasteiger partial charge in [-0.3, -0.25) is 19.5 Å². The van der Waals surface area contributed by atoms with Gasteiger partial charge < -0.3 is 5.11 Å². The SMILES string of the molecule is O=C1C(=O)N(c2ccc(Cl)c(Cl)c2)C(c2ccccc2F)/C1=C(\O)c1ccncc1. The summed E-state index contributed by atoms with van der Waals surface area (Å²) in [6.45, 7) is 0. The number of aliphatic hydroxyl groups excluding tert-OH is 1. The predicted octanol–water partition coefficient (Wildman–Crippen LogP) is 5.15. The maximum atomic E-state index is 14.8. The van der Waals surface area contributed by atoms with E-state index in [1.807, 2.05) is 0 Å². The molecule has 2 heterocycles. The number of hydrogen-bond acceptors (Lipinski definition) is 4. The summed E-state index contributed by atoms with van der Waals surface area (Å²) in [6.07, 6.45) is 2.87. The molecule has 150 valence electrons. The predicted molar refractivity (Wildman–Crippen MR) is 112 cm³/mol. The molecule has 1 aliphatic heterocycles. The minimum atomic E-state index is -1.20. The van der Waals surface area contributed by atoms with Gasteiger partial charge in [0.1, 0.15) is 11.6 Å². The van der Waals surface area contributed by atoms with Crippen LogP contribution in [0.3, 0.4) is 0 Å². The van der Waals surface area contributed by atoms with Gasteiger partial charge in [-0.1, -0.05) is 41.4 Å². The third-order valence-corrected chi connectivity index (χ3v) is 5.52. The third kappa shape index (κ3) is 3.34. The lowest BCUT2D eigenvalue weighted by Gasteiger charge is -2.26. The maximum Gasteiger partial charge on any atom is 0.300 e. The Bertz CT molecular complexity index is 1200. The number of anilines is 1. The molecule has 0 bridgehead atoms. The summed E-state index contributed by atoms with van der Waals surface area (Å²) >= 11 is 12.1. The van der Waals surface area contributed by atoms with Gasteiger partial charge in [-0.05, 0) is 36.4 Å². The molecular weight excluding hydrogens is 430 g/mol. The number of aliphatic hydroxyl groups is 1. The Morgan fingerprint density at radius 1 is 1.00 bits per heavy atom. The van der Waals surface area contributed by atoms with Crippen molar-refractivity contribution in [2.45, 2.75) is 6.04 Å². The molecule has 1 saturated heterocycles. The van der Waals surface area contributed by atoms with Crippen LogP contribution in [-0.2, 0) is 9.59 Å². The average molecular weight is 443 g/mol. The van der Waals surface area contributed by atoms with Gasteiger partial charge in [-0.25, -0.2) is 4.39 Å². The normalized spacial score (nSPS) is 18.1. The van der Waals surface area contributed by atoms with Crippen molar-refractivity contribution in [2.75, 3.05) is 4.90 Å². The van der Waals surface area contributed by atoms with Crippen LogP contribution in [0.1, 0.15) is 17.2 Å². The number of pyridine rings is 1. The second-order valence-electron chi connectivity index (χ2n) is 6.52. The molecule has 0 spiro atoms. The van der Waals surface area contributed by atoms with Crippen LogP contribution in [0.25, 0.3) is 5.76 Å². The van der Waals surface area contributed by atoms with Crippen LogP contribution in [0.4, 0.5) is 10.1 Å². The second-order valence-corrected chi connectivity index (χ2v) is 7.34. The molecule has 2 aromatic carbocycles. The summed E-state index contributed by atoms with van der Waals surface area (Å²) in [4.78, 5) is 30.9. The van der Waals surface area contributed by atoms with Gasteiger partial charge in [0, 0.05) is 29.2 Å². The van der Waals surface area contributed by atoms with E-state index in [0.29, 0.717) is 0 Å². The van der Waals surface area contributed by atoms with Crippen LogP contribution >= 0.6 is 23.2 Å². The van der Waals surface area contributed by atoms with E-state index in [2.05, 4.69) is 4.98 Å². The molecule has 1 fully saturated rings. The molecule has 1 aromatic heterocycles. The number of benzene rings is 2. The molecule has 1 unspecified atom stereocenters. The Kier molecular flexibility index (Phi) is 5.28. The summed E-state index contributed by atoms with van der Waals surface area (Å²) in [5.41, 5.74) is 0.341. The van der Waals surface area contributed by atoms with Gasteiger partial charge in [0.05, 0.1) is 21.7 Å². The van der Waals surface area contributed by atoms with Gasteiger partial charge in [-0.2, -0.15) is 0 Å². The molecule has 1 N–H and O–H groups in total. The van der Waals surface area contributed by atoms with Gasteiger partial charge >= 0.3 is 0 Å². The standard InChI is InChI=1S/C22H13Cl2FN2O3/c23-15-6-5-13(11-16(15)24)27-19(14-3-1-2-4-17(14)25)18(21(29)22(27)30)20(28)12-7-9-26-10-8-12/h1-11,19,28H/b20-18+. The monoisotopic (exact) mass is 442 g/mol. The fourth-order valence-corrected chi connectivity index (χ4v) is 3.68. The van der Waals surface area contributed by atoms with Crippen LogP contribution in [0.2, 0.25) is 10.0 Å². The topological polar surface area (TPSA) is 70.5 Å². The molecule has 1 atom stereocenters. The molecule has 8 heteroatoms. The number of Topliss-reactive ketones (excluding diaryl/α,β-unsaturated/α-hetero) is 1. The van der Waals surface area contributed by atoms with Crippen molar-refractivity contribution in [3.05, 3.63) is 99.6 Å². The Morgan fingerprint density at radius 2 is 1.70 bits per heavy atom. The first-order chi connectivity index (χ1) is 14.4. The van der Waals surface area contributed by atoms with Crippen molar-refractivity contribution in [2.24, 2.45) is 0 Å². The van der Waals surface area contributed by atoms with Crippen molar-refractivity contribution >= 4 is 46.3 Å². The molecule has 1 aliphatic rings. The average Bonchev–Trinajstić information content (AvgIpc) is 3.01.